The average molecular weight is 176 g/mol. The van der Waals surface area contributed by atoms with Crippen LogP contribution in [0.5, 0.6) is 5.88 Å². The van der Waals surface area contributed by atoms with Crippen molar-refractivity contribution in [2.24, 2.45) is 0 Å². The molecule has 0 amide bonds. The normalized spacial score (nSPS) is 10.2. The minimum absolute atomic E-state index is 0.131. The van der Waals surface area contributed by atoms with E-state index in [9.17, 15) is 4.79 Å². The molecule has 0 radical (unpaired) electrons. The maximum atomic E-state index is 11.2. The highest BCUT2D eigenvalue weighted by atomic mass is 16.3. The van der Waals surface area contributed by atoms with Crippen molar-refractivity contribution in [3.63, 3.8) is 0 Å². The van der Waals surface area contributed by atoms with E-state index in [0.29, 0.717) is 0 Å². The van der Waals surface area contributed by atoms with Gasteiger partial charge < -0.3 is 5.11 Å². The molecule has 0 aliphatic rings. The first-order valence-corrected chi connectivity index (χ1v) is 3.83. The maximum absolute atomic E-state index is 11.2. The SMILES string of the molecule is O=c1[nH]c(O)cn1-c1ccccc1. The van der Waals surface area contributed by atoms with E-state index in [1.807, 2.05) is 18.2 Å². The van der Waals surface area contributed by atoms with Crippen LogP contribution in [0.2, 0.25) is 0 Å². The number of aromatic hydroxyl groups is 1. The van der Waals surface area contributed by atoms with Gasteiger partial charge in [0.05, 0.1) is 11.9 Å². The average Bonchev–Trinajstić information content (AvgIpc) is 2.47. The van der Waals surface area contributed by atoms with Gasteiger partial charge in [0.2, 0.25) is 5.88 Å². The smallest absolute Gasteiger partial charge is 0.332 e. The van der Waals surface area contributed by atoms with E-state index >= 15 is 0 Å². The number of aromatic amines is 1. The Morgan fingerprint density at radius 2 is 1.92 bits per heavy atom. The molecule has 0 saturated carbocycles. The van der Waals surface area contributed by atoms with E-state index < -0.39 is 0 Å². The van der Waals surface area contributed by atoms with Crippen LogP contribution in [0.3, 0.4) is 0 Å². The molecule has 2 aromatic rings. The topological polar surface area (TPSA) is 58.0 Å². The fraction of sp³-hybridized carbons (Fsp3) is 0. The molecule has 0 bridgehead atoms. The van der Waals surface area contributed by atoms with Gasteiger partial charge in [-0.1, -0.05) is 18.2 Å². The summed E-state index contributed by atoms with van der Waals surface area (Å²) >= 11 is 0. The van der Waals surface area contributed by atoms with Crippen molar-refractivity contribution in [1.82, 2.24) is 9.55 Å². The summed E-state index contributed by atoms with van der Waals surface area (Å²) in [5.41, 5.74) is 0.382. The molecule has 0 aliphatic carbocycles. The number of imidazole rings is 1. The summed E-state index contributed by atoms with van der Waals surface area (Å²) in [6, 6.07) is 9.09. The highest BCUT2D eigenvalue weighted by Crippen LogP contribution is 2.06. The van der Waals surface area contributed by atoms with E-state index in [2.05, 4.69) is 4.98 Å². The number of aromatic nitrogens is 2. The number of hydrogen-bond donors (Lipinski definition) is 2. The second-order valence-corrected chi connectivity index (χ2v) is 2.65. The largest absolute Gasteiger partial charge is 0.493 e. The molecule has 0 unspecified atom stereocenters. The van der Waals surface area contributed by atoms with Crippen molar-refractivity contribution in [3.05, 3.63) is 47.0 Å². The molecule has 0 aliphatic heterocycles. The quantitative estimate of drug-likeness (QED) is 0.677. The molecule has 0 atom stereocenters. The third-order valence-corrected chi connectivity index (χ3v) is 1.74. The van der Waals surface area contributed by atoms with Crippen LogP contribution in [0.4, 0.5) is 0 Å². The summed E-state index contributed by atoms with van der Waals surface area (Å²) in [5, 5.41) is 9.02. The van der Waals surface area contributed by atoms with Crippen molar-refractivity contribution in [2.45, 2.75) is 0 Å². The number of nitrogens with zero attached hydrogens (tertiary/aromatic N) is 1. The monoisotopic (exact) mass is 176 g/mol. The summed E-state index contributed by atoms with van der Waals surface area (Å²) in [4.78, 5) is 13.5. The molecule has 66 valence electrons. The number of H-pyrrole nitrogens is 1. The zero-order valence-corrected chi connectivity index (χ0v) is 6.77. The summed E-state index contributed by atoms with van der Waals surface area (Å²) in [6.07, 6.45) is 1.34. The van der Waals surface area contributed by atoms with Crippen LogP contribution in [0.25, 0.3) is 5.69 Å². The first-order chi connectivity index (χ1) is 6.27. The van der Waals surface area contributed by atoms with Crippen molar-refractivity contribution < 1.29 is 5.11 Å². The highest BCUT2D eigenvalue weighted by molar-refractivity contribution is 5.32. The Labute approximate surface area is 74.1 Å². The predicted molar refractivity (Wildman–Crippen MR) is 48.1 cm³/mol. The lowest BCUT2D eigenvalue weighted by molar-refractivity contribution is 0.455. The zero-order valence-electron chi connectivity index (χ0n) is 6.77. The number of rotatable bonds is 1. The van der Waals surface area contributed by atoms with E-state index in [4.69, 9.17) is 5.11 Å². The number of nitrogens with one attached hydrogen (secondary N) is 1. The molecule has 2 N–H and O–H groups in total. The molecule has 1 heterocycles. The van der Waals surface area contributed by atoms with Crippen LogP contribution >= 0.6 is 0 Å². The van der Waals surface area contributed by atoms with Crippen LogP contribution in [0, 0.1) is 0 Å². The van der Waals surface area contributed by atoms with Gasteiger partial charge in [-0.3, -0.25) is 9.55 Å². The van der Waals surface area contributed by atoms with Gasteiger partial charge in [0.25, 0.3) is 0 Å². The Balaban J connectivity index is 2.59. The Kier molecular flexibility index (Phi) is 1.66. The van der Waals surface area contributed by atoms with Crippen LogP contribution in [0.15, 0.2) is 41.3 Å². The second kappa shape index (κ2) is 2.82. The number of hydrogen-bond acceptors (Lipinski definition) is 2. The molecule has 4 nitrogen and oxygen atoms in total. The van der Waals surface area contributed by atoms with Crippen LogP contribution < -0.4 is 5.69 Å². The van der Waals surface area contributed by atoms with Crippen LogP contribution in [0.1, 0.15) is 0 Å². The fourth-order valence-corrected chi connectivity index (χ4v) is 1.16. The maximum Gasteiger partial charge on any atom is 0.332 e. The lowest BCUT2D eigenvalue weighted by Gasteiger charge is -1.97. The minimum Gasteiger partial charge on any atom is -0.493 e. The summed E-state index contributed by atoms with van der Waals surface area (Å²) in [7, 11) is 0. The first-order valence-electron chi connectivity index (χ1n) is 3.83. The lowest BCUT2D eigenvalue weighted by atomic mass is 10.3. The van der Waals surface area contributed by atoms with E-state index in [1.165, 1.54) is 10.8 Å². The third kappa shape index (κ3) is 1.33. The molecule has 13 heavy (non-hydrogen) atoms. The molecule has 0 saturated heterocycles. The van der Waals surface area contributed by atoms with Crippen LogP contribution in [-0.4, -0.2) is 14.7 Å². The Bertz CT molecular complexity index is 456. The van der Waals surface area contributed by atoms with E-state index in [1.54, 1.807) is 12.1 Å². The minimum atomic E-state index is -0.344. The molecule has 2 rings (SSSR count). The molecular weight excluding hydrogens is 168 g/mol. The van der Waals surface area contributed by atoms with Gasteiger partial charge in [-0.25, -0.2) is 4.79 Å². The number of para-hydroxylation sites is 1. The fourth-order valence-electron chi connectivity index (χ4n) is 1.16. The van der Waals surface area contributed by atoms with Crippen LogP contribution in [-0.2, 0) is 0 Å². The molecule has 1 aromatic carbocycles. The second-order valence-electron chi connectivity index (χ2n) is 2.65. The van der Waals surface area contributed by atoms with E-state index in [-0.39, 0.29) is 11.6 Å². The molecule has 0 spiro atoms. The molecule has 1 aromatic heterocycles. The summed E-state index contributed by atoms with van der Waals surface area (Å²) in [6.45, 7) is 0. The van der Waals surface area contributed by atoms with Crippen molar-refractivity contribution in [3.8, 4) is 11.6 Å². The Morgan fingerprint density at radius 1 is 1.23 bits per heavy atom. The molecule has 0 fully saturated rings. The van der Waals surface area contributed by atoms with E-state index in [0.717, 1.165) is 5.69 Å². The zero-order chi connectivity index (χ0) is 9.26. The Morgan fingerprint density at radius 3 is 2.46 bits per heavy atom. The van der Waals surface area contributed by atoms with Gasteiger partial charge in [-0.2, -0.15) is 0 Å². The molecule has 4 heteroatoms. The lowest BCUT2D eigenvalue weighted by Crippen LogP contribution is -2.13. The van der Waals surface area contributed by atoms with Gasteiger partial charge in [0.1, 0.15) is 0 Å². The Hall–Kier alpha value is -1.97. The highest BCUT2D eigenvalue weighted by Gasteiger charge is 2.01. The van der Waals surface area contributed by atoms with Gasteiger partial charge in [0.15, 0.2) is 0 Å². The third-order valence-electron chi connectivity index (χ3n) is 1.74. The molecular formula is C9H8N2O2. The van der Waals surface area contributed by atoms with Gasteiger partial charge in [0, 0.05) is 0 Å². The van der Waals surface area contributed by atoms with Crippen molar-refractivity contribution in [1.29, 1.82) is 0 Å². The van der Waals surface area contributed by atoms with Gasteiger partial charge in [-0.05, 0) is 12.1 Å². The first kappa shape index (κ1) is 7.67. The standard InChI is InChI=1S/C9H8N2O2/c12-8-6-11(9(13)10-8)7-4-2-1-3-5-7/h1-6,12H,(H,10,13). The predicted octanol–water partition coefficient (Wildman–Crippen LogP) is 0.871. The summed E-state index contributed by atoms with van der Waals surface area (Å²) in [5.74, 6) is -0.131. The number of benzene rings is 1. The van der Waals surface area contributed by atoms with Gasteiger partial charge in [-0.15, -0.1) is 0 Å². The summed E-state index contributed by atoms with van der Waals surface area (Å²) < 4.78 is 1.34. The van der Waals surface area contributed by atoms with Crippen molar-refractivity contribution >= 4 is 0 Å². The van der Waals surface area contributed by atoms with Crippen molar-refractivity contribution in [2.75, 3.05) is 0 Å². The van der Waals surface area contributed by atoms with Gasteiger partial charge >= 0.3 is 5.69 Å².